The van der Waals surface area contributed by atoms with Crippen LogP contribution in [-0.4, -0.2) is 69.5 Å². The summed E-state index contributed by atoms with van der Waals surface area (Å²) < 4.78 is 26.7. The molecular formula is C18H30N2O6. The van der Waals surface area contributed by atoms with Crippen LogP contribution in [0.3, 0.4) is 0 Å². The van der Waals surface area contributed by atoms with E-state index in [0.717, 1.165) is 5.75 Å². The molecule has 1 aromatic rings. The Balaban J connectivity index is 1.79. The molecule has 0 aliphatic rings. The van der Waals surface area contributed by atoms with Crippen LogP contribution in [0.1, 0.15) is 20.8 Å². The van der Waals surface area contributed by atoms with E-state index in [4.69, 9.17) is 23.7 Å². The molecule has 0 unspecified atom stereocenters. The first-order valence-electron chi connectivity index (χ1n) is 8.70. The summed E-state index contributed by atoms with van der Waals surface area (Å²) in [5, 5.41) is 2.62. The molecule has 148 valence electrons. The predicted molar refractivity (Wildman–Crippen MR) is 96.4 cm³/mol. The second-order valence-corrected chi connectivity index (χ2v) is 6.30. The van der Waals surface area contributed by atoms with Crippen molar-refractivity contribution in [2.45, 2.75) is 26.4 Å². The minimum Gasteiger partial charge on any atom is -0.491 e. The summed E-state index contributed by atoms with van der Waals surface area (Å²) in [7, 11) is 0. The van der Waals surface area contributed by atoms with Crippen molar-refractivity contribution < 1.29 is 28.5 Å². The molecule has 0 saturated heterocycles. The summed E-state index contributed by atoms with van der Waals surface area (Å²) in [5.74, 6) is 0.776. The molecule has 1 rings (SSSR count). The molecule has 0 radical (unpaired) electrons. The maximum Gasteiger partial charge on any atom is 0.407 e. The van der Waals surface area contributed by atoms with Crippen molar-refractivity contribution in [3.63, 3.8) is 0 Å². The molecule has 8 heteroatoms. The number of pyridine rings is 1. The fourth-order valence-electron chi connectivity index (χ4n) is 1.73. The number of carbonyl (C=O) groups excluding carboxylic acids is 1. The van der Waals surface area contributed by atoms with Crippen LogP contribution in [0.15, 0.2) is 24.5 Å². The van der Waals surface area contributed by atoms with Gasteiger partial charge in [-0.1, -0.05) is 0 Å². The fourth-order valence-corrected chi connectivity index (χ4v) is 1.73. The topological polar surface area (TPSA) is 88.1 Å². The van der Waals surface area contributed by atoms with E-state index >= 15 is 0 Å². The molecule has 0 bridgehead atoms. The highest BCUT2D eigenvalue weighted by Crippen LogP contribution is 2.06. The van der Waals surface area contributed by atoms with Gasteiger partial charge in [-0.15, -0.1) is 0 Å². The van der Waals surface area contributed by atoms with Crippen molar-refractivity contribution in [2.24, 2.45) is 0 Å². The standard InChI is InChI=1S/C18H30N2O6/c1-18(2,3)26-17(21)20-8-9-22-10-11-23-12-13-24-14-15-25-16-4-6-19-7-5-16/h4-7H,8-15H2,1-3H3,(H,20,21). The minimum absolute atomic E-state index is 0.398. The van der Waals surface area contributed by atoms with Crippen molar-refractivity contribution in [2.75, 3.05) is 52.8 Å². The van der Waals surface area contributed by atoms with Gasteiger partial charge in [0, 0.05) is 18.9 Å². The number of hydrogen-bond acceptors (Lipinski definition) is 7. The minimum atomic E-state index is -0.494. The Kier molecular flexibility index (Phi) is 11.3. The van der Waals surface area contributed by atoms with Gasteiger partial charge in [-0.2, -0.15) is 0 Å². The first-order valence-corrected chi connectivity index (χ1v) is 8.70. The number of nitrogens with one attached hydrogen (secondary N) is 1. The highest BCUT2D eigenvalue weighted by Gasteiger charge is 2.15. The number of hydrogen-bond donors (Lipinski definition) is 1. The van der Waals surface area contributed by atoms with Crippen molar-refractivity contribution >= 4 is 6.09 Å². The summed E-state index contributed by atoms with van der Waals surface area (Å²) >= 11 is 0. The van der Waals surface area contributed by atoms with Crippen molar-refractivity contribution in [1.82, 2.24) is 10.3 Å². The molecule has 0 spiro atoms. The number of rotatable bonds is 13. The average Bonchev–Trinajstić information content (AvgIpc) is 2.58. The summed E-state index contributed by atoms with van der Waals surface area (Å²) in [4.78, 5) is 15.3. The van der Waals surface area contributed by atoms with E-state index in [9.17, 15) is 4.79 Å². The van der Waals surface area contributed by atoms with Crippen molar-refractivity contribution in [3.05, 3.63) is 24.5 Å². The van der Waals surface area contributed by atoms with Crippen LogP contribution in [0.4, 0.5) is 4.79 Å². The molecule has 1 N–H and O–H groups in total. The lowest BCUT2D eigenvalue weighted by atomic mass is 10.2. The van der Waals surface area contributed by atoms with Crippen molar-refractivity contribution in [1.29, 1.82) is 0 Å². The van der Waals surface area contributed by atoms with Crippen LogP contribution in [-0.2, 0) is 18.9 Å². The van der Waals surface area contributed by atoms with Crippen LogP contribution in [0.5, 0.6) is 5.75 Å². The van der Waals surface area contributed by atoms with E-state index < -0.39 is 11.7 Å². The second-order valence-electron chi connectivity index (χ2n) is 6.30. The van der Waals surface area contributed by atoms with Gasteiger partial charge in [-0.05, 0) is 32.9 Å². The average molecular weight is 370 g/mol. The molecule has 1 aromatic heterocycles. The lowest BCUT2D eigenvalue weighted by molar-refractivity contribution is 0.00904. The molecule has 0 fully saturated rings. The van der Waals surface area contributed by atoms with Gasteiger partial charge < -0.3 is 29.0 Å². The molecule has 0 aromatic carbocycles. The quantitative estimate of drug-likeness (QED) is 0.532. The highest BCUT2D eigenvalue weighted by atomic mass is 16.6. The number of nitrogens with zero attached hydrogens (tertiary/aromatic N) is 1. The zero-order valence-corrected chi connectivity index (χ0v) is 15.9. The molecule has 0 aliphatic carbocycles. The summed E-state index contributed by atoms with van der Waals surface area (Å²) in [6.07, 6.45) is 2.92. The Morgan fingerprint density at radius 1 is 0.923 bits per heavy atom. The van der Waals surface area contributed by atoms with E-state index in [2.05, 4.69) is 10.3 Å². The largest absolute Gasteiger partial charge is 0.491 e. The molecule has 0 aliphatic heterocycles. The van der Waals surface area contributed by atoms with E-state index in [1.807, 2.05) is 20.8 Å². The van der Waals surface area contributed by atoms with E-state index in [0.29, 0.717) is 52.8 Å². The fraction of sp³-hybridized carbons (Fsp3) is 0.667. The highest BCUT2D eigenvalue weighted by molar-refractivity contribution is 5.67. The van der Waals surface area contributed by atoms with Crippen LogP contribution < -0.4 is 10.1 Å². The third-order valence-corrected chi connectivity index (χ3v) is 2.80. The van der Waals surface area contributed by atoms with Gasteiger partial charge >= 0.3 is 6.09 Å². The van der Waals surface area contributed by atoms with E-state index in [1.54, 1.807) is 24.5 Å². The van der Waals surface area contributed by atoms with E-state index in [1.165, 1.54) is 0 Å². The monoisotopic (exact) mass is 370 g/mol. The van der Waals surface area contributed by atoms with Gasteiger partial charge in [-0.25, -0.2) is 4.79 Å². The Morgan fingerprint density at radius 2 is 1.46 bits per heavy atom. The lowest BCUT2D eigenvalue weighted by Gasteiger charge is -2.19. The summed E-state index contributed by atoms with van der Waals surface area (Å²) in [6.45, 7) is 9.17. The molecule has 0 saturated carbocycles. The molecule has 26 heavy (non-hydrogen) atoms. The SMILES string of the molecule is CC(C)(C)OC(=O)NCCOCCOCCOCCOc1ccncc1. The zero-order valence-electron chi connectivity index (χ0n) is 15.9. The maximum absolute atomic E-state index is 11.4. The first kappa shape index (κ1) is 22.1. The number of aromatic nitrogens is 1. The number of ether oxygens (including phenoxy) is 5. The summed E-state index contributed by atoms with van der Waals surface area (Å²) in [5.41, 5.74) is -0.494. The van der Waals surface area contributed by atoms with Gasteiger partial charge in [0.2, 0.25) is 0 Å². The van der Waals surface area contributed by atoms with Gasteiger partial charge in [0.05, 0.1) is 39.6 Å². The predicted octanol–water partition coefficient (Wildman–Crippen LogP) is 2.03. The first-order chi connectivity index (χ1) is 12.5. The Morgan fingerprint density at radius 3 is 2.04 bits per heavy atom. The normalized spacial score (nSPS) is 11.2. The third-order valence-electron chi connectivity index (χ3n) is 2.80. The van der Waals surface area contributed by atoms with Gasteiger partial charge in [0.25, 0.3) is 0 Å². The van der Waals surface area contributed by atoms with E-state index in [-0.39, 0.29) is 0 Å². The second kappa shape index (κ2) is 13.3. The molecule has 1 heterocycles. The van der Waals surface area contributed by atoms with Gasteiger partial charge in [0.15, 0.2) is 0 Å². The summed E-state index contributed by atoms with van der Waals surface area (Å²) in [6, 6.07) is 3.60. The third kappa shape index (κ3) is 13.4. The molecular weight excluding hydrogens is 340 g/mol. The van der Waals surface area contributed by atoms with Crippen LogP contribution in [0.2, 0.25) is 0 Å². The smallest absolute Gasteiger partial charge is 0.407 e. The lowest BCUT2D eigenvalue weighted by Crippen LogP contribution is -2.34. The van der Waals surface area contributed by atoms with Crippen LogP contribution in [0, 0.1) is 0 Å². The van der Waals surface area contributed by atoms with Crippen LogP contribution in [0.25, 0.3) is 0 Å². The van der Waals surface area contributed by atoms with Gasteiger partial charge in [-0.3, -0.25) is 4.98 Å². The molecule has 0 atom stereocenters. The maximum atomic E-state index is 11.4. The molecule has 8 nitrogen and oxygen atoms in total. The Hall–Kier alpha value is -1.90. The number of amides is 1. The van der Waals surface area contributed by atoms with Gasteiger partial charge in [0.1, 0.15) is 18.0 Å². The van der Waals surface area contributed by atoms with Crippen molar-refractivity contribution in [3.8, 4) is 5.75 Å². The molecule has 1 amide bonds. The zero-order chi connectivity index (χ0) is 19.1. The van der Waals surface area contributed by atoms with Crippen LogP contribution >= 0.6 is 0 Å². The Labute approximate surface area is 155 Å². The Bertz CT molecular complexity index is 478. The number of carbonyl (C=O) groups is 1. The number of alkyl carbamates (subject to hydrolysis) is 1.